The van der Waals surface area contributed by atoms with Crippen LogP contribution in [0, 0.1) is 0 Å². The van der Waals surface area contributed by atoms with E-state index in [1.807, 2.05) is 0 Å². The molecule has 9 nitrogen and oxygen atoms in total. The average molecular weight is 383 g/mol. The molecule has 1 aliphatic rings. The molecule has 28 heavy (non-hydrogen) atoms. The maximum atomic E-state index is 12.7. The molecule has 0 atom stereocenters. The van der Waals surface area contributed by atoms with Gasteiger partial charge in [-0.15, -0.1) is 0 Å². The number of hydrogen-bond donors (Lipinski definition) is 1. The second-order valence-electron chi connectivity index (χ2n) is 6.26. The van der Waals surface area contributed by atoms with Crippen molar-refractivity contribution in [2.24, 2.45) is 0 Å². The molecule has 0 saturated carbocycles. The van der Waals surface area contributed by atoms with Crippen molar-refractivity contribution in [1.82, 2.24) is 19.8 Å². The van der Waals surface area contributed by atoms with Gasteiger partial charge in [0.1, 0.15) is 5.69 Å². The summed E-state index contributed by atoms with van der Waals surface area (Å²) in [7, 11) is 1.32. The smallest absolute Gasteiger partial charge is 0.337 e. The first-order chi connectivity index (χ1) is 13.5. The Labute approximate surface area is 162 Å². The van der Waals surface area contributed by atoms with E-state index in [1.165, 1.54) is 20.2 Å². The van der Waals surface area contributed by atoms with Gasteiger partial charge in [0.25, 0.3) is 5.91 Å². The zero-order valence-corrected chi connectivity index (χ0v) is 15.7. The molecule has 0 radical (unpaired) electrons. The van der Waals surface area contributed by atoms with E-state index in [2.05, 4.69) is 15.3 Å². The highest BCUT2D eigenvalue weighted by atomic mass is 16.5. The number of benzene rings is 1. The lowest BCUT2D eigenvalue weighted by molar-refractivity contribution is -0.130. The van der Waals surface area contributed by atoms with Crippen LogP contribution in [0.2, 0.25) is 0 Å². The molecular formula is C19H21N5O4. The van der Waals surface area contributed by atoms with Gasteiger partial charge in [-0.2, -0.15) is 0 Å². The number of methoxy groups -OCH3 is 1. The average Bonchev–Trinajstić information content (AvgIpc) is 2.73. The van der Waals surface area contributed by atoms with Gasteiger partial charge in [-0.05, 0) is 24.3 Å². The summed E-state index contributed by atoms with van der Waals surface area (Å²) < 4.78 is 4.71. The van der Waals surface area contributed by atoms with E-state index in [0.29, 0.717) is 37.4 Å². The summed E-state index contributed by atoms with van der Waals surface area (Å²) in [6.45, 7) is 3.48. The van der Waals surface area contributed by atoms with Crippen LogP contribution in [0.25, 0.3) is 0 Å². The molecule has 1 N–H and O–H groups in total. The van der Waals surface area contributed by atoms with Crippen LogP contribution in [0.3, 0.4) is 0 Å². The number of esters is 1. The zero-order chi connectivity index (χ0) is 20.1. The number of hydrogen-bond acceptors (Lipinski definition) is 7. The molecule has 1 aromatic carbocycles. The molecule has 0 bridgehead atoms. The predicted molar refractivity (Wildman–Crippen MR) is 101 cm³/mol. The van der Waals surface area contributed by atoms with Crippen LogP contribution in [-0.2, 0) is 9.53 Å². The highest BCUT2D eigenvalue weighted by molar-refractivity contribution is 5.93. The van der Waals surface area contributed by atoms with Crippen molar-refractivity contribution in [2.75, 3.05) is 38.6 Å². The van der Waals surface area contributed by atoms with Crippen molar-refractivity contribution in [3.8, 4) is 0 Å². The summed E-state index contributed by atoms with van der Waals surface area (Å²) in [6.07, 6.45) is 1.50. The normalized spacial score (nSPS) is 13.8. The van der Waals surface area contributed by atoms with E-state index >= 15 is 0 Å². The van der Waals surface area contributed by atoms with Crippen molar-refractivity contribution in [3.63, 3.8) is 0 Å². The Balaban J connectivity index is 1.70. The van der Waals surface area contributed by atoms with Gasteiger partial charge in [0, 0.05) is 45.0 Å². The van der Waals surface area contributed by atoms with Gasteiger partial charge in [0.05, 0.1) is 12.7 Å². The first-order valence-electron chi connectivity index (χ1n) is 8.81. The minimum absolute atomic E-state index is 0.00908. The molecule has 0 unspecified atom stereocenters. The van der Waals surface area contributed by atoms with Crippen molar-refractivity contribution in [2.45, 2.75) is 6.92 Å². The van der Waals surface area contributed by atoms with E-state index in [4.69, 9.17) is 4.74 Å². The second kappa shape index (κ2) is 8.47. The number of carbonyl (C=O) groups is 3. The van der Waals surface area contributed by atoms with Gasteiger partial charge in [0.15, 0.2) is 0 Å². The van der Waals surface area contributed by atoms with Crippen LogP contribution in [0.5, 0.6) is 0 Å². The van der Waals surface area contributed by atoms with Crippen molar-refractivity contribution < 1.29 is 19.1 Å². The molecule has 0 spiro atoms. The number of anilines is 2. The fraction of sp³-hybridized carbons (Fsp3) is 0.316. The summed E-state index contributed by atoms with van der Waals surface area (Å²) in [5.41, 5.74) is 1.25. The van der Waals surface area contributed by atoms with Gasteiger partial charge in [-0.1, -0.05) is 6.07 Å². The Morgan fingerprint density at radius 2 is 1.79 bits per heavy atom. The maximum Gasteiger partial charge on any atom is 0.337 e. The zero-order valence-electron chi connectivity index (χ0n) is 15.7. The van der Waals surface area contributed by atoms with Crippen LogP contribution < -0.4 is 5.32 Å². The van der Waals surface area contributed by atoms with E-state index in [-0.39, 0.29) is 23.5 Å². The van der Waals surface area contributed by atoms with E-state index in [9.17, 15) is 14.4 Å². The van der Waals surface area contributed by atoms with Crippen molar-refractivity contribution in [3.05, 3.63) is 47.8 Å². The second-order valence-corrected chi connectivity index (χ2v) is 6.26. The first-order valence-corrected chi connectivity index (χ1v) is 8.81. The third-order valence-electron chi connectivity index (χ3n) is 4.43. The SMILES string of the molecule is COC(=O)c1cccc(Nc2nccc(C(=O)N3CCN(C(C)=O)CC3)n2)c1. The minimum atomic E-state index is -0.446. The molecule has 2 amide bonds. The topological polar surface area (TPSA) is 105 Å². The summed E-state index contributed by atoms with van der Waals surface area (Å²) in [4.78, 5) is 47.6. The van der Waals surface area contributed by atoms with E-state index < -0.39 is 5.97 Å². The number of ether oxygens (including phenoxy) is 1. The fourth-order valence-electron chi connectivity index (χ4n) is 2.90. The Bertz CT molecular complexity index is 893. The number of piperazine rings is 1. The van der Waals surface area contributed by atoms with Gasteiger partial charge in [-0.25, -0.2) is 14.8 Å². The molecule has 1 aliphatic heterocycles. The van der Waals surface area contributed by atoms with Crippen LogP contribution in [-0.4, -0.2) is 70.8 Å². The number of amides is 2. The van der Waals surface area contributed by atoms with Crippen molar-refractivity contribution >= 4 is 29.4 Å². The molecule has 2 aromatic rings. The lowest BCUT2D eigenvalue weighted by atomic mass is 10.2. The summed E-state index contributed by atoms with van der Waals surface area (Å²) >= 11 is 0. The highest BCUT2D eigenvalue weighted by Crippen LogP contribution is 2.16. The summed E-state index contributed by atoms with van der Waals surface area (Å²) in [5, 5.41) is 2.99. The third-order valence-corrected chi connectivity index (χ3v) is 4.43. The largest absolute Gasteiger partial charge is 0.465 e. The molecular weight excluding hydrogens is 362 g/mol. The lowest BCUT2D eigenvalue weighted by Gasteiger charge is -2.34. The molecule has 146 valence electrons. The van der Waals surface area contributed by atoms with Crippen LogP contribution in [0.4, 0.5) is 11.6 Å². The molecule has 1 fully saturated rings. The number of nitrogens with one attached hydrogen (secondary N) is 1. The molecule has 2 heterocycles. The number of nitrogens with zero attached hydrogens (tertiary/aromatic N) is 4. The number of rotatable bonds is 4. The van der Waals surface area contributed by atoms with Crippen LogP contribution >= 0.6 is 0 Å². The predicted octanol–water partition coefficient (Wildman–Crippen LogP) is 1.31. The van der Waals surface area contributed by atoms with Gasteiger partial charge >= 0.3 is 5.97 Å². The van der Waals surface area contributed by atoms with Gasteiger partial charge in [-0.3, -0.25) is 9.59 Å². The first kappa shape index (κ1) is 19.3. The molecule has 0 aliphatic carbocycles. The molecule has 1 aromatic heterocycles. The number of aromatic nitrogens is 2. The molecule has 1 saturated heterocycles. The standard InChI is InChI=1S/C19H21N5O4/c1-13(25)23-8-10-24(11-9-23)17(26)16-6-7-20-19(22-16)21-15-5-3-4-14(12-15)18(27)28-2/h3-7,12H,8-11H2,1-2H3,(H,20,21,22). The quantitative estimate of drug-likeness (QED) is 0.794. The summed E-state index contributed by atoms with van der Waals surface area (Å²) in [5.74, 6) is -0.403. The monoisotopic (exact) mass is 383 g/mol. The Morgan fingerprint density at radius 3 is 2.46 bits per heavy atom. The van der Waals surface area contributed by atoms with Crippen LogP contribution in [0.1, 0.15) is 27.8 Å². The maximum absolute atomic E-state index is 12.7. The Kier molecular flexibility index (Phi) is 5.83. The molecule has 9 heteroatoms. The molecule has 3 rings (SSSR count). The van der Waals surface area contributed by atoms with Gasteiger partial charge in [0.2, 0.25) is 11.9 Å². The Morgan fingerprint density at radius 1 is 1.07 bits per heavy atom. The Hall–Kier alpha value is -3.49. The van der Waals surface area contributed by atoms with Crippen molar-refractivity contribution in [1.29, 1.82) is 0 Å². The third kappa shape index (κ3) is 4.43. The van der Waals surface area contributed by atoms with Crippen LogP contribution in [0.15, 0.2) is 36.5 Å². The van der Waals surface area contributed by atoms with E-state index in [0.717, 1.165) is 0 Å². The number of carbonyl (C=O) groups excluding carboxylic acids is 3. The highest BCUT2D eigenvalue weighted by Gasteiger charge is 2.24. The minimum Gasteiger partial charge on any atom is -0.465 e. The van der Waals surface area contributed by atoms with E-state index in [1.54, 1.807) is 40.1 Å². The fourth-order valence-corrected chi connectivity index (χ4v) is 2.90. The summed E-state index contributed by atoms with van der Waals surface area (Å²) in [6, 6.07) is 8.27. The lowest BCUT2D eigenvalue weighted by Crippen LogP contribution is -2.50. The van der Waals surface area contributed by atoms with Gasteiger partial charge < -0.3 is 19.9 Å².